The van der Waals surface area contributed by atoms with E-state index in [1.54, 1.807) is 19.5 Å². The average molecular weight is 209 g/mol. The number of hydrogen-bond donors (Lipinski definition) is 1. The monoisotopic (exact) mass is 209 g/mol. The molecular weight excluding hydrogens is 190 g/mol. The lowest BCUT2D eigenvalue weighted by Gasteiger charge is -2.05. The molecule has 0 atom stereocenters. The van der Waals surface area contributed by atoms with Gasteiger partial charge in [0.1, 0.15) is 5.69 Å². The van der Waals surface area contributed by atoms with E-state index in [1.807, 2.05) is 0 Å². The predicted octanol–water partition coefficient (Wildman–Crippen LogP) is 1.42. The fourth-order valence-corrected chi connectivity index (χ4v) is 1.38. The van der Waals surface area contributed by atoms with E-state index in [4.69, 9.17) is 4.74 Å². The van der Waals surface area contributed by atoms with Gasteiger partial charge in [-0.1, -0.05) is 6.92 Å². The third-order valence-corrected chi connectivity index (χ3v) is 2.12. The number of ether oxygens (including phenoxy) is 1. The minimum absolute atomic E-state index is 0.646. The lowest BCUT2D eigenvalue weighted by molar-refractivity contribution is 0.388. The van der Waals surface area contributed by atoms with Crippen LogP contribution in [0, 0.1) is 0 Å². The Balaban J connectivity index is 2.30. The van der Waals surface area contributed by atoms with Gasteiger partial charge in [0.15, 0.2) is 0 Å². The van der Waals surface area contributed by atoms with Crippen LogP contribution in [0.3, 0.4) is 0 Å². The molecular formula is C11H19N3O. The molecule has 0 bridgehead atoms. The number of nitrogens with zero attached hydrogens (tertiary/aromatic N) is 2. The second-order valence-corrected chi connectivity index (χ2v) is 3.37. The van der Waals surface area contributed by atoms with Gasteiger partial charge in [-0.3, -0.25) is 4.98 Å². The summed E-state index contributed by atoms with van der Waals surface area (Å²) < 4.78 is 5.13. The summed E-state index contributed by atoms with van der Waals surface area (Å²) in [6, 6.07) is 0. The van der Waals surface area contributed by atoms with Crippen molar-refractivity contribution in [2.24, 2.45) is 0 Å². The molecule has 0 aliphatic carbocycles. The van der Waals surface area contributed by atoms with Crippen LogP contribution in [0.15, 0.2) is 12.4 Å². The second kappa shape index (κ2) is 7.17. The normalized spacial score (nSPS) is 10.3. The Hall–Kier alpha value is -1.16. The molecule has 0 aromatic carbocycles. The molecule has 0 aliphatic heterocycles. The number of nitrogens with one attached hydrogen (secondary N) is 1. The van der Waals surface area contributed by atoms with Crippen LogP contribution in [-0.2, 0) is 6.42 Å². The molecule has 4 heteroatoms. The highest BCUT2D eigenvalue weighted by atomic mass is 16.5. The second-order valence-electron chi connectivity index (χ2n) is 3.37. The summed E-state index contributed by atoms with van der Waals surface area (Å²) >= 11 is 0. The summed E-state index contributed by atoms with van der Waals surface area (Å²) in [4.78, 5) is 8.36. The minimum atomic E-state index is 0.646. The Morgan fingerprint density at radius 3 is 2.80 bits per heavy atom. The molecule has 0 amide bonds. The van der Waals surface area contributed by atoms with E-state index in [9.17, 15) is 0 Å². The molecule has 0 radical (unpaired) electrons. The van der Waals surface area contributed by atoms with Crippen LogP contribution in [0.2, 0.25) is 0 Å². The Morgan fingerprint density at radius 1 is 1.27 bits per heavy atom. The molecule has 0 saturated carbocycles. The van der Waals surface area contributed by atoms with Gasteiger partial charge in [-0.2, -0.15) is 0 Å². The van der Waals surface area contributed by atoms with E-state index < -0.39 is 0 Å². The number of rotatable bonds is 7. The Kier molecular flexibility index (Phi) is 5.70. The molecule has 0 saturated heterocycles. The van der Waals surface area contributed by atoms with E-state index in [-0.39, 0.29) is 0 Å². The van der Waals surface area contributed by atoms with Crippen molar-refractivity contribution >= 4 is 0 Å². The van der Waals surface area contributed by atoms with Crippen LogP contribution < -0.4 is 10.1 Å². The van der Waals surface area contributed by atoms with Crippen LogP contribution in [0.1, 0.15) is 25.5 Å². The maximum atomic E-state index is 5.13. The van der Waals surface area contributed by atoms with Crippen LogP contribution in [0.25, 0.3) is 0 Å². The van der Waals surface area contributed by atoms with Gasteiger partial charge < -0.3 is 10.1 Å². The first kappa shape index (κ1) is 11.9. The molecule has 0 spiro atoms. The van der Waals surface area contributed by atoms with E-state index in [0.717, 1.165) is 31.6 Å². The molecule has 1 heterocycles. The minimum Gasteiger partial charge on any atom is -0.480 e. The maximum absolute atomic E-state index is 5.13. The van der Waals surface area contributed by atoms with Crippen LogP contribution >= 0.6 is 0 Å². The first-order valence-electron chi connectivity index (χ1n) is 5.43. The molecule has 4 nitrogen and oxygen atoms in total. The van der Waals surface area contributed by atoms with Gasteiger partial charge >= 0.3 is 0 Å². The molecule has 1 aromatic rings. The van der Waals surface area contributed by atoms with Gasteiger partial charge in [-0.05, 0) is 32.4 Å². The zero-order chi connectivity index (χ0) is 10.9. The van der Waals surface area contributed by atoms with Crippen LogP contribution in [0.4, 0.5) is 0 Å². The summed E-state index contributed by atoms with van der Waals surface area (Å²) in [5, 5.41) is 3.35. The predicted molar refractivity (Wildman–Crippen MR) is 60.1 cm³/mol. The molecule has 0 unspecified atom stereocenters. The van der Waals surface area contributed by atoms with E-state index in [0.29, 0.717) is 5.88 Å². The van der Waals surface area contributed by atoms with Crippen molar-refractivity contribution in [1.82, 2.24) is 15.3 Å². The number of methoxy groups -OCH3 is 1. The van der Waals surface area contributed by atoms with Gasteiger partial charge in [-0.15, -0.1) is 0 Å². The van der Waals surface area contributed by atoms with Crippen LogP contribution in [-0.4, -0.2) is 30.2 Å². The highest BCUT2D eigenvalue weighted by molar-refractivity contribution is 5.16. The number of hydrogen-bond acceptors (Lipinski definition) is 4. The van der Waals surface area contributed by atoms with Crippen molar-refractivity contribution in [2.75, 3.05) is 20.2 Å². The van der Waals surface area contributed by atoms with Crippen molar-refractivity contribution < 1.29 is 4.74 Å². The first-order valence-corrected chi connectivity index (χ1v) is 5.43. The van der Waals surface area contributed by atoms with Gasteiger partial charge in [0.25, 0.3) is 0 Å². The van der Waals surface area contributed by atoms with Gasteiger partial charge in [0.05, 0.1) is 7.11 Å². The maximum Gasteiger partial charge on any atom is 0.235 e. The zero-order valence-electron chi connectivity index (χ0n) is 9.49. The highest BCUT2D eigenvalue weighted by Crippen LogP contribution is 2.11. The molecule has 1 N–H and O–H groups in total. The van der Waals surface area contributed by atoms with E-state index >= 15 is 0 Å². The van der Waals surface area contributed by atoms with Gasteiger partial charge in [-0.25, -0.2) is 4.98 Å². The Bertz CT molecular complexity index is 278. The fraction of sp³-hybridized carbons (Fsp3) is 0.636. The summed E-state index contributed by atoms with van der Waals surface area (Å²) in [5.41, 5.74) is 0.943. The lowest BCUT2D eigenvalue weighted by atomic mass is 10.2. The summed E-state index contributed by atoms with van der Waals surface area (Å²) in [7, 11) is 1.63. The quantitative estimate of drug-likeness (QED) is 0.690. The van der Waals surface area contributed by atoms with E-state index in [2.05, 4.69) is 22.2 Å². The number of aromatic nitrogens is 2. The zero-order valence-corrected chi connectivity index (χ0v) is 9.49. The SMILES string of the molecule is CCCNCCCc1nccnc1OC. The Morgan fingerprint density at radius 2 is 2.07 bits per heavy atom. The van der Waals surface area contributed by atoms with Gasteiger partial charge in [0.2, 0.25) is 5.88 Å². The highest BCUT2D eigenvalue weighted by Gasteiger charge is 2.03. The van der Waals surface area contributed by atoms with Crippen molar-refractivity contribution in [1.29, 1.82) is 0 Å². The molecule has 0 fully saturated rings. The molecule has 84 valence electrons. The lowest BCUT2D eigenvalue weighted by Crippen LogP contribution is -2.16. The fourth-order valence-electron chi connectivity index (χ4n) is 1.38. The van der Waals surface area contributed by atoms with Crippen LogP contribution in [0.5, 0.6) is 5.88 Å². The average Bonchev–Trinajstić information content (AvgIpc) is 2.29. The third kappa shape index (κ3) is 4.25. The smallest absolute Gasteiger partial charge is 0.235 e. The largest absolute Gasteiger partial charge is 0.480 e. The number of aryl methyl sites for hydroxylation is 1. The van der Waals surface area contributed by atoms with Gasteiger partial charge in [0, 0.05) is 12.4 Å². The van der Waals surface area contributed by atoms with Crippen molar-refractivity contribution in [3.05, 3.63) is 18.1 Å². The van der Waals surface area contributed by atoms with Crippen molar-refractivity contribution in [3.8, 4) is 5.88 Å². The topological polar surface area (TPSA) is 47.0 Å². The first-order chi connectivity index (χ1) is 7.38. The standard InChI is InChI=1S/C11H19N3O/c1-3-6-12-7-4-5-10-11(15-2)14-9-8-13-10/h8-9,12H,3-7H2,1-2H3. The molecule has 1 rings (SSSR count). The van der Waals surface area contributed by atoms with Crippen molar-refractivity contribution in [3.63, 3.8) is 0 Å². The van der Waals surface area contributed by atoms with Crippen molar-refractivity contribution in [2.45, 2.75) is 26.2 Å². The summed E-state index contributed by atoms with van der Waals surface area (Å²) in [6.07, 6.45) is 6.51. The molecule has 1 aromatic heterocycles. The molecule has 0 aliphatic rings. The Labute approximate surface area is 91.1 Å². The summed E-state index contributed by atoms with van der Waals surface area (Å²) in [6.45, 7) is 4.27. The third-order valence-electron chi connectivity index (χ3n) is 2.12. The summed E-state index contributed by atoms with van der Waals surface area (Å²) in [5.74, 6) is 0.646. The molecule has 15 heavy (non-hydrogen) atoms. The van der Waals surface area contributed by atoms with E-state index in [1.165, 1.54) is 6.42 Å².